The average molecular weight is 835 g/mol. The molecule has 4 N–H and O–H groups in total. The number of ether oxygens (including phenoxy) is 2. The monoisotopic (exact) mass is 834 g/mol. The number of benzene rings is 2. The number of aromatic amines is 2. The second-order valence-electron chi connectivity index (χ2n) is 15.1. The normalized spacial score (nSPS) is 17.6. The second kappa shape index (κ2) is 17.1. The zero-order chi connectivity index (χ0) is 41.2. The number of aromatic nitrogens is 4. The zero-order valence-electron chi connectivity index (χ0n) is 33.2. The Morgan fingerprint density at radius 2 is 1.25 bits per heavy atom. The van der Waals surface area contributed by atoms with Gasteiger partial charge in [-0.25, -0.2) is 19.6 Å². The number of amides is 4. The Hall–Kier alpha value is -6.00. The molecule has 2 aliphatic heterocycles. The van der Waals surface area contributed by atoms with E-state index in [4.69, 9.17) is 19.4 Å². The van der Waals surface area contributed by atoms with Crippen LogP contribution in [-0.2, 0) is 19.1 Å². The number of fused-ring (bicyclic) bond motifs is 1. The van der Waals surface area contributed by atoms with Crippen molar-refractivity contribution in [2.24, 2.45) is 5.92 Å². The van der Waals surface area contributed by atoms with Crippen LogP contribution in [0.2, 0.25) is 0 Å². The van der Waals surface area contributed by atoms with Crippen molar-refractivity contribution in [1.82, 2.24) is 40.4 Å². The largest absolute Gasteiger partial charge is 0.453 e. The summed E-state index contributed by atoms with van der Waals surface area (Å²) in [4.78, 5) is 71.9. The van der Waals surface area contributed by atoms with Gasteiger partial charge in [0, 0.05) is 35.0 Å². The first-order valence-corrected chi connectivity index (χ1v) is 21.5. The summed E-state index contributed by atoms with van der Waals surface area (Å²) >= 11 is 3.38. The predicted octanol–water partition coefficient (Wildman–Crippen LogP) is 8.21. The van der Waals surface area contributed by atoms with Gasteiger partial charge in [-0.1, -0.05) is 68.4 Å². The topological polar surface area (TPSA) is 175 Å². The molecule has 4 atom stereocenters. The Bertz CT molecular complexity index is 2460. The van der Waals surface area contributed by atoms with E-state index in [9.17, 15) is 19.2 Å². The van der Waals surface area contributed by atoms with Gasteiger partial charge in [0.1, 0.15) is 23.7 Å². The number of nitrogens with one attached hydrogen (secondary N) is 4. The van der Waals surface area contributed by atoms with Gasteiger partial charge in [0.05, 0.1) is 59.5 Å². The summed E-state index contributed by atoms with van der Waals surface area (Å²) in [5.41, 5.74) is 6.72. The Labute approximate surface area is 349 Å². The van der Waals surface area contributed by atoms with Crippen LogP contribution in [0.25, 0.3) is 43.0 Å². The quantitative estimate of drug-likeness (QED) is 0.101. The van der Waals surface area contributed by atoms with Crippen molar-refractivity contribution >= 4 is 56.1 Å². The van der Waals surface area contributed by atoms with Crippen LogP contribution < -0.4 is 10.6 Å². The molecule has 2 saturated heterocycles. The van der Waals surface area contributed by atoms with E-state index in [2.05, 4.69) is 55.6 Å². The average Bonchev–Trinajstić information content (AvgIpc) is 4.11. The minimum absolute atomic E-state index is 0.108. The highest BCUT2D eigenvalue weighted by molar-refractivity contribution is 7.27. The van der Waals surface area contributed by atoms with E-state index in [1.807, 2.05) is 61.5 Å². The van der Waals surface area contributed by atoms with Gasteiger partial charge in [0.2, 0.25) is 5.91 Å². The molecule has 4 aromatic heterocycles. The van der Waals surface area contributed by atoms with E-state index in [0.717, 1.165) is 69.8 Å². The van der Waals surface area contributed by atoms with Crippen LogP contribution in [0.4, 0.5) is 9.59 Å². The maximum atomic E-state index is 14.0. The first kappa shape index (κ1) is 39.8. The van der Waals surface area contributed by atoms with Crippen LogP contribution in [0.1, 0.15) is 74.9 Å². The fraction of sp³-hybridized carbons (Fsp3) is 0.349. The predicted molar refractivity (Wildman–Crippen MR) is 227 cm³/mol. The van der Waals surface area contributed by atoms with Gasteiger partial charge in [-0.3, -0.25) is 9.59 Å². The van der Waals surface area contributed by atoms with E-state index < -0.39 is 24.3 Å². The fourth-order valence-corrected chi connectivity index (χ4v) is 10.6. The molecule has 0 bridgehead atoms. The van der Waals surface area contributed by atoms with Crippen molar-refractivity contribution < 1.29 is 28.7 Å². The third-order valence-electron chi connectivity index (χ3n) is 11.2. The van der Waals surface area contributed by atoms with Crippen LogP contribution in [0.15, 0.2) is 77.8 Å². The number of nitrogens with zero attached hydrogens (tertiary/aromatic N) is 4. The lowest BCUT2D eigenvalue weighted by molar-refractivity contribution is -0.135. The van der Waals surface area contributed by atoms with Crippen LogP contribution in [-0.4, -0.2) is 87.1 Å². The second-order valence-corrected chi connectivity index (χ2v) is 16.9. The molecule has 14 nitrogen and oxygen atoms in total. The summed E-state index contributed by atoms with van der Waals surface area (Å²) < 4.78 is 12.0. The standard InChI is InChI=1S/C43H46N8O6S2/c1-24(2)34(48-42(54)56-3)40(52)50-18-8-12-32(50)38-44-20-30(46-38)26-16-14-25(15-17-26)28-22-58-37-29(23-59-36(28)37)31-21-45-39(47-31)33-13-9-19-51(33)41(53)35(49-43(55)57-4)27-10-6-5-7-11-27/h5-7,10-11,14-17,20-24,32-35H,8-9,12-13,18-19H2,1-4H3,(H,44,46)(H,45,47)(H,48,54)(H,49,55)/t32?,33?,34-,35?/m0/s1. The van der Waals surface area contributed by atoms with Crippen LogP contribution in [0.5, 0.6) is 0 Å². The molecule has 306 valence electrons. The third kappa shape index (κ3) is 7.93. The summed E-state index contributed by atoms with van der Waals surface area (Å²) in [5, 5.41) is 9.76. The van der Waals surface area contributed by atoms with Crippen molar-refractivity contribution in [2.75, 3.05) is 27.3 Å². The Kier molecular flexibility index (Phi) is 11.5. The molecular weight excluding hydrogens is 789 g/mol. The lowest BCUT2D eigenvalue weighted by Gasteiger charge is -2.30. The van der Waals surface area contributed by atoms with Crippen LogP contribution in [0, 0.1) is 5.92 Å². The molecule has 3 unspecified atom stereocenters. The van der Waals surface area contributed by atoms with Crippen LogP contribution in [0.3, 0.4) is 0 Å². The number of imidazole rings is 2. The first-order valence-electron chi connectivity index (χ1n) is 19.7. The number of carbonyl (C=O) groups is 4. The molecular formula is C43H46N8O6S2. The van der Waals surface area contributed by atoms with Crippen molar-refractivity contribution in [2.45, 2.75) is 63.7 Å². The molecule has 8 rings (SSSR count). The van der Waals surface area contributed by atoms with Crippen LogP contribution >= 0.6 is 22.7 Å². The Morgan fingerprint density at radius 1 is 0.712 bits per heavy atom. The molecule has 4 amide bonds. The lowest BCUT2D eigenvalue weighted by atomic mass is 10.0. The molecule has 0 saturated carbocycles. The first-order chi connectivity index (χ1) is 28.6. The minimum atomic E-state index is -0.882. The maximum absolute atomic E-state index is 14.0. The molecule has 6 heterocycles. The van der Waals surface area contributed by atoms with Gasteiger partial charge in [0.15, 0.2) is 0 Å². The molecule has 2 aromatic carbocycles. The molecule has 2 fully saturated rings. The lowest BCUT2D eigenvalue weighted by Crippen LogP contribution is -2.51. The number of methoxy groups -OCH3 is 2. The van der Waals surface area contributed by atoms with Gasteiger partial charge >= 0.3 is 12.2 Å². The summed E-state index contributed by atoms with van der Waals surface area (Å²) in [7, 11) is 2.58. The van der Waals surface area contributed by atoms with Gasteiger partial charge in [0.25, 0.3) is 5.91 Å². The number of hydrogen-bond donors (Lipinski definition) is 4. The minimum Gasteiger partial charge on any atom is -0.453 e. The van der Waals surface area contributed by atoms with Gasteiger partial charge < -0.3 is 39.9 Å². The molecule has 16 heteroatoms. The molecule has 0 radical (unpaired) electrons. The number of likely N-dealkylation sites (tertiary alicyclic amines) is 2. The number of carbonyl (C=O) groups excluding carboxylic acids is 4. The van der Waals surface area contributed by atoms with E-state index in [-0.39, 0.29) is 29.8 Å². The van der Waals surface area contributed by atoms with E-state index >= 15 is 0 Å². The highest BCUT2D eigenvalue weighted by Gasteiger charge is 2.39. The number of thiophene rings is 2. The molecule has 0 aliphatic carbocycles. The van der Waals surface area contributed by atoms with Crippen molar-refractivity contribution in [1.29, 1.82) is 0 Å². The van der Waals surface area contributed by atoms with Crippen molar-refractivity contribution in [3.05, 3.63) is 95.0 Å². The van der Waals surface area contributed by atoms with Gasteiger partial charge in [-0.05, 0) is 48.3 Å². The van der Waals surface area contributed by atoms with Crippen molar-refractivity contribution in [3.8, 4) is 33.6 Å². The van der Waals surface area contributed by atoms with E-state index in [1.165, 1.54) is 18.9 Å². The number of H-pyrrole nitrogens is 2. The molecule has 2 aliphatic rings. The Balaban J connectivity index is 0.968. The molecule has 6 aromatic rings. The Morgan fingerprint density at radius 3 is 1.88 bits per heavy atom. The summed E-state index contributed by atoms with van der Waals surface area (Å²) in [6, 6.07) is 15.5. The molecule has 0 spiro atoms. The SMILES string of the molecule is COC(=O)NC(C(=O)N1CCCC1c1ncc(-c2csc3c(-c4ccc(-c5cnc(C6CCCN6C(=O)[C@@H](NC(=O)OC)C(C)C)[nH]5)cc4)csc23)[nH]1)c1ccccc1. The third-order valence-corrected chi connectivity index (χ3v) is 13.4. The maximum Gasteiger partial charge on any atom is 0.407 e. The van der Waals surface area contributed by atoms with E-state index in [0.29, 0.717) is 24.5 Å². The number of rotatable bonds is 11. The van der Waals surface area contributed by atoms with E-state index in [1.54, 1.807) is 27.6 Å². The highest BCUT2D eigenvalue weighted by Crippen LogP contribution is 2.44. The summed E-state index contributed by atoms with van der Waals surface area (Å²) in [6.07, 6.45) is 5.56. The highest BCUT2D eigenvalue weighted by atomic mass is 32.1. The number of hydrogen-bond acceptors (Lipinski definition) is 10. The van der Waals surface area contributed by atoms with Gasteiger partial charge in [-0.15, -0.1) is 22.7 Å². The van der Waals surface area contributed by atoms with Gasteiger partial charge in [-0.2, -0.15) is 0 Å². The number of alkyl carbamates (subject to hydrolysis) is 2. The fourth-order valence-electron chi connectivity index (χ4n) is 8.11. The zero-order valence-corrected chi connectivity index (χ0v) is 34.8. The molecule has 59 heavy (non-hydrogen) atoms. The smallest absolute Gasteiger partial charge is 0.407 e. The van der Waals surface area contributed by atoms with Crippen molar-refractivity contribution in [3.63, 3.8) is 0 Å². The summed E-state index contributed by atoms with van der Waals surface area (Å²) in [5.74, 6) is 0.982. The summed E-state index contributed by atoms with van der Waals surface area (Å²) in [6.45, 7) is 4.95.